The van der Waals surface area contributed by atoms with Gasteiger partial charge >= 0.3 is 0 Å². The zero-order chi connectivity index (χ0) is 12.8. The molecule has 0 N–H and O–H groups in total. The molecule has 1 aliphatic heterocycles. The number of hydrogen-bond acceptors (Lipinski definition) is 4. The van der Waals surface area contributed by atoms with Gasteiger partial charge in [-0.3, -0.25) is 9.48 Å². The van der Waals surface area contributed by atoms with Crippen molar-refractivity contribution in [2.75, 3.05) is 26.3 Å². The van der Waals surface area contributed by atoms with Crippen LogP contribution in [0.15, 0.2) is 24.5 Å². The van der Waals surface area contributed by atoms with Crippen molar-refractivity contribution < 1.29 is 9.53 Å². The third-order valence-corrected chi connectivity index (χ3v) is 2.64. The smallest absolute Gasteiger partial charge is 0.246 e. The number of hydrogen-bond donors (Lipinski definition) is 0. The van der Waals surface area contributed by atoms with Crippen LogP contribution in [0.25, 0.3) is 0 Å². The lowest BCUT2D eigenvalue weighted by molar-refractivity contribution is -0.129. The van der Waals surface area contributed by atoms with Crippen molar-refractivity contribution in [2.24, 2.45) is 0 Å². The summed E-state index contributed by atoms with van der Waals surface area (Å²) in [5.74, 6) is -0.00837. The SMILES string of the molecule is N#Cc1cnn(C/C=C/C(=O)N2CCOCC2)c1. The monoisotopic (exact) mass is 246 g/mol. The van der Waals surface area contributed by atoms with E-state index in [2.05, 4.69) is 5.10 Å². The molecule has 1 aromatic heterocycles. The van der Waals surface area contributed by atoms with Crippen molar-refractivity contribution in [3.8, 4) is 6.07 Å². The Kier molecular flexibility index (Phi) is 4.10. The molecule has 0 spiro atoms. The molecular weight excluding hydrogens is 232 g/mol. The Labute approximate surface area is 105 Å². The molecule has 6 nitrogen and oxygen atoms in total. The Morgan fingerprint density at radius 1 is 1.56 bits per heavy atom. The molecule has 1 aliphatic rings. The van der Waals surface area contributed by atoms with Gasteiger partial charge in [0.05, 0.1) is 31.5 Å². The number of allylic oxidation sites excluding steroid dienone is 1. The summed E-state index contributed by atoms with van der Waals surface area (Å²) in [6.45, 7) is 2.97. The third kappa shape index (κ3) is 3.18. The Balaban J connectivity index is 1.83. The molecule has 0 saturated carbocycles. The van der Waals surface area contributed by atoms with E-state index in [4.69, 9.17) is 10.00 Å². The third-order valence-electron chi connectivity index (χ3n) is 2.64. The van der Waals surface area contributed by atoms with Gasteiger partial charge in [0.15, 0.2) is 0 Å². The second-order valence-corrected chi connectivity index (χ2v) is 3.90. The van der Waals surface area contributed by atoms with Gasteiger partial charge in [-0.2, -0.15) is 10.4 Å². The van der Waals surface area contributed by atoms with Crippen LogP contribution >= 0.6 is 0 Å². The van der Waals surface area contributed by atoms with Gasteiger partial charge in [0.2, 0.25) is 5.91 Å². The molecule has 0 aromatic carbocycles. The van der Waals surface area contributed by atoms with Gasteiger partial charge in [-0.05, 0) is 0 Å². The largest absolute Gasteiger partial charge is 0.378 e. The first-order valence-corrected chi connectivity index (χ1v) is 5.75. The lowest BCUT2D eigenvalue weighted by atomic mass is 10.3. The number of nitrogens with zero attached hydrogens (tertiary/aromatic N) is 4. The molecule has 0 atom stereocenters. The summed E-state index contributed by atoms with van der Waals surface area (Å²) in [5, 5.41) is 12.6. The van der Waals surface area contributed by atoms with Crippen LogP contribution in [-0.4, -0.2) is 46.9 Å². The molecule has 1 saturated heterocycles. The molecule has 6 heteroatoms. The molecule has 2 rings (SSSR count). The Morgan fingerprint density at radius 2 is 2.33 bits per heavy atom. The fraction of sp³-hybridized carbons (Fsp3) is 0.417. The van der Waals surface area contributed by atoms with E-state index in [1.54, 1.807) is 27.9 Å². The van der Waals surface area contributed by atoms with Crippen LogP contribution in [0.4, 0.5) is 0 Å². The zero-order valence-corrected chi connectivity index (χ0v) is 9.95. The van der Waals surface area contributed by atoms with E-state index in [1.165, 1.54) is 6.20 Å². The van der Waals surface area contributed by atoms with Crippen LogP contribution < -0.4 is 0 Å². The summed E-state index contributed by atoms with van der Waals surface area (Å²) < 4.78 is 6.79. The van der Waals surface area contributed by atoms with Gasteiger partial charge in [-0.25, -0.2) is 0 Å². The molecule has 1 aromatic rings. The number of rotatable bonds is 3. The van der Waals surface area contributed by atoms with E-state index >= 15 is 0 Å². The number of morpholine rings is 1. The van der Waals surface area contributed by atoms with Crippen molar-refractivity contribution in [1.29, 1.82) is 5.26 Å². The fourth-order valence-electron chi connectivity index (χ4n) is 1.67. The normalized spacial score (nSPS) is 15.8. The van der Waals surface area contributed by atoms with E-state index in [9.17, 15) is 4.79 Å². The quantitative estimate of drug-likeness (QED) is 0.713. The lowest BCUT2D eigenvalue weighted by Gasteiger charge is -2.25. The van der Waals surface area contributed by atoms with E-state index in [0.29, 0.717) is 38.4 Å². The van der Waals surface area contributed by atoms with Crippen molar-refractivity contribution >= 4 is 5.91 Å². The molecular formula is C12H14N4O2. The van der Waals surface area contributed by atoms with E-state index in [0.717, 1.165) is 0 Å². The van der Waals surface area contributed by atoms with E-state index in [1.807, 2.05) is 6.07 Å². The van der Waals surface area contributed by atoms with Crippen LogP contribution in [0, 0.1) is 11.3 Å². The van der Waals surface area contributed by atoms with Gasteiger partial charge in [0, 0.05) is 25.4 Å². The molecule has 0 radical (unpaired) electrons. The second kappa shape index (κ2) is 5.98. The maximum absolute atomic E-state index is 11.8. The maximum Gasteiger partial charge on any atom is 0.246 e. The van der Waals surface area contributed by atoms with Gasteiger partial charge in [0.25, 0.3) is 0 Å². The lowest BCUT2D eigenvalue weighted by Crippen LogP contribution is -2.39. The average molecular weight is 246 g/mol. The van der Waals surface area contributed by atoms with Gasteiger partial charge in [-0.1, -0.05) is 6.08 Å². The van der Waals surface area contributed by atoms with Crippen LogP contribution in [0.1, 0.15) is 5.56 Å². The fourth-order valence-corrected chi connectivity index (χ4v) is 1.67. The minimum absolute atomic E-state index is 0.00837. The highest BCUT2D eigenvalue weighted by atomic mass is 16.5. The van der Waals surface area contributed by atoms with Crippen LogP contribution in [0.3, 0.4) is 0 Å². The van der Waals surface area contributed by atoms with Crippen molar-refractivity contribution in [2.45, 2.75) is 6.54 Å². The Hall–Kier alpha value is -2.13. The number of nitriles is 1. The highest BCUT2D eigenvalue weighted by molar-refractivity contribution is 5.87. The van der Waals surface area contributed by atoms with Crippen LogP contribution in [0.2, 0.25) is 0 Å². The number of carbonyl (C=O) groups excluding carboxylic acids is 1. The first kappa shape index (κ1) is 12.3. The predicted molar refractivity (Wildman–Crippen MR) is 63.5 cm³/mol. The van der Waals surface area contributed by atoms with E-state index < -0.39 is 0 Å². The topological polar surface area (TPSA) is 71.2 Å². The van der Waals surface area contributed by atoms with Gasteiger partial charge < -0.3 is 9.64 Å². The minimum Gasteiger partial charge on any atom is -0.378 e. The van der Waals surface area contributed by atoms with E-state index in [-0.39, 0.29) is 5.91 Å². The van der Waals surface area contributed by atoms with Crippen LogP contribution in [-0.2, 0) is 16.1 Å². The molecule has 0 unspecified atom stereocenters. The summed E-state index contributed by atoms with van der Waals surface area (Å²) in [4.78, 5) is 13.5. The predicted octanol–water partition coefficient (Wildman–Crippen LogP) is 0.170. The van der Waals surface area contributed by atoms with Gasteiger partial charge in [0.1, 0.15) is 6.07 Å². The Bertz CT molecular complexity index is 481. The standard InChI is InChI=1S/C12H14N4O2/c13-8-11-9-14-16(10-11)3-1-2-12(17)15-4-6-18-7-5-15/h1-2,9-10H,3-7H2/b2-1+. The molecule has 94 valence electrons. The number of aromatic nitrogens is 2. The second-order valence-electron chi connectivity index (χ2n) is 3.90. The first-order valence-electron chi connectivity index (χ1n) is 5.75. The highest BCUT2D eigenvalue weighted by Crippen LogP contribution is 1.99. The first-order chi connectivity index (χ1) is 8.79. The van der Waals surface area contributed by atoms with Crippen molar-refractivity contribution in [1.82, 2.24) is 14.7 Å². The summed E-state index contributed by atoms with van der Waals surface area (Å²) >= 11 is 0. The van der Waals surface area contributed by atoms with Crippen LogP contribution in [0.5, 0.6) is 0 Å². The molecule has 0 bridgehead atoms. The summed E-state index contributed by atoms with van der Waals surface area (Å²) in [7, 11) is 0. The summed E-state index contributed by atoms with van der Waals surface area (Å²) in [6, 6.07) is 2.00. The molecule has 1 amide bonds. The number of amides is 1. The molecule has 2 heterocycles. The summed E-state index contributed by atoms with van der Waals surface area (Å²) in [6.07, 6.45) is 6.42. The number of ether oxygens (including phenoxy) is 1. The zero-order valence-electron chi connectivity index (χ0n) is 9.95. The minimum atomic E-state index is -0.00837. The molecule has 0 aliphatic carbocycles. The molecule has 18 heavy (non-hydrogen) atoms. The average Bonchev–Trinajstić information content (AvgIpc) is 2.87. The molecule has 1 fully saturated rings. The Morgan fingerprint density at radius 3 is 3.00 bits per heavy atom. The summed E-state index contributed by atoms with van der Waals surface area (Å²) in [5.41, 5.74) is 0.517. The van der Waals surface area contributed by atoms with Crippen molar-refractivity contribution in [3.05, 3.63) is 30.1 Å². The maximum atomic E-state index is 11.8. The number of carbonyl (C=O) groups is 1. The highest BCUT2D eigenvalue weighted by Gasteiger charge is 2.13. The van der Waals surface area contributed by atoms with Crippen molar-refractivity contribution in [3.63, 3.8) is 0 Å². The van der Waals surface area contributed by atoms with Gasteiger partial charge in [-0.15, -0.1) is 0 Å².